The Morgan fingerprint density at radius 1 is 1.32 bits per heavy atom. The molecule has 2 rings (SSSR count). The van der Waals surface area contributed by atoms with Gasteiger partial charge in [0.05, 0.1) is 11.9 Å². The molecule has 1 aromatic rings. The van der Waals surface area contributed by atoms with Crippen LogP contribution < -0.4 is 20.5 Å². The van der Waals surface area contributed by atoms with Crippen LogP contribution in [0.2, 0.25) is 0 Å². The van der Waals surface area contributed by atoms with Crippen LogP contribution >= 0.6 is 0 Å². The Morgan fingerprint density at radius 2 is 2.05 bits per heavy atom. The Bertz CT molecular complexity index is 474. The van der Waals surface area contributed by atoms with Gasteiger partial charge in [-0.2, -0.15) is 0 Å². The van der Waals surface area contributed by atoms with E-state index in [2.05, 4.69) is 10.1 Å². The van der Waals surface area contributed by atoms with Crippen LogP contribution in [-0.4, -0.2) is 19.0 Å². The van der Waals surface area contributed by atoms with Gasteiger partial charge < -0.3 is 20.5 Å². The molecule has 104 valence electrons. The lowest BCUT2D eigenvalue weighted by Crippen LogP contribution is -2.31. The summed E-state index contributed by atoms with van der Waals surface area (Å²) >= 11 is 0. The van der Waals surface area contributed by atoms with E-state index in [1.807, 2.05) is 6.08 Å². The highest BCUT2D eigenvalue weighted by Crippen LogP contribution is 2.26. The lowest BCUT2D eigenvalue weighted by molar-refractivity contribution is -0.274. The molecule has 1 aliphatic heterocycles. The minimum absolute atomic E-state index is 0.0344. The average molecular weight is 274 g/mol. The molecule has 1 unspecified atom stereocenters. The number of benzene rings is 1. The molecular formula is C12H13F3N2O2. The topological polar surface area (TPSA) is 56.5 Å². The van der Waals surface area contributed by atoms with Crippen molar-refractivity contribution in [3.63, 3.8) is 0 Å². The largest absolute Gasteiger partial charge is 0.573 e. The van der Waals surface area contributed by atoms with Gasteiger partial charge in [-0.15, -0.1) is 13.2 Å². The molecule has 0 amide bonds. The summed E-state index contributed by atoms with van der Waals surface area (Å²) in [6.45, 7) is 0.312. The number of hydrogen-bond donors (Lipinski definition) is 2. The normalized spacial score (nSPS) is 18.7. The van der Waals surface area contributed by atoms with E-state index in [9.17, 15) is 13.2 Å². The first-order chi connectivity index (χ1) is 8.92. The van der Waals surface area contributed by atoms with Gasteiger partial charge in [-0.25, -0.2) is 0 Å². The van der Waals surface area contributed by atoms with Gasteiger partial charge >= 0.3 is 6.36 Å². The van der Waals surface area contributed by atoms with Gasteiger partial charge in [0, 0.05) is 6.07 Å². The van der Waals surface area contributed by atoms with E-state index < -0.39 is 6.36 Å². The Hall–Kier alpha value is -2.05. The van der Waals surface area contributed by atoms with E-state index in [-0.39, 0.29) is 11.8 Å². The maximum Gasteiger partial charge on any atom is 0.573 e. The van der Waals surface area contributed by atoms with Crippen molar-refractivity contribution in [2.45, 2.75) is 18.8 Å². The van der Waals surface area contributed by atoms with Gasteiger partial charge in [0.25, 0.3) is 0 Å². The van der Waals surface area contributed by atoms with Crippen molar-refractivity contribution in [3.8, 4) is 11.5 Å². The maximum atomic E-state index is 12.1. The highest BCUT2D eigenvalue weighted by atomic mass is 19.4. The molecule has 1 aromatic carbocycles. The zero-order valence-electron chi connectivity index (χ0n) is 9.91. The van der Waals surface area contributed by atoms with Crippen molar-refractivity contribution in [3.05, 3.63) is 36.2 Å². The summed E-state index contributed by atoms with van der Waals surface area (Å²) in [7, 11) is 0. The third kappa shape index (κ3) is 4.27. The molecule has 0 fully saturated rings. The van der Waals surface area contributed by atoms with Gasteiger partial charge in [-0.3, -0.25) is 0 Å². The molecule has 1 aliphatic rings. The molecule has 1 heterocycles. The Morgan fingerprint density at radius 3 is 2.68 bits per heavy atom. The van der Waals surface area contributed by atoms with E-state index in [0.29, 0.717) is 18.2 Å². The summed E-state index contributed by atoms with van der Waals surface area (Å²) in [5, 5.41) is 2.98. The first-order valence-corrected chi connectivity index (χ1v) is 5.63. The number of nitrogens with two attached hydrogens (primary N) is 1. The Balaban J connectivity index is 1.89. The highest BCUT2D eigenvalue weighted by Gasteiger charge is 2.31. The molecule has 0 aromatic heterocycles. The van der Waals surface area contributed by atoms with Gasteiger partial charge in [0.1, 0.15) is 18.1 Å². The minimum Gasteiger partial charge on any atom is -0.491 e. The smallest absolute Gasteiger partial charge is 0.491 e. The van der Waals surface area contributed by atoms with Crippen molar-refractivity contribution in [1.29, 1.82) is 0 Å². The second-order valence-electron chi connectivity index (χ2n) is 4.07. The molecule has 0 spiro atoms. The second-order valence-corrected chi connectivity index (χ2v) is 4.07. The summed E-state index contributed by atoms with van der Waals surface area (Å²) in [6, 6.07) is 5.44. The predicted octanol–water partition coefficient (Wildman–Crippen LogP) is 2.13. The molecule has 0 radical (unpaired) electrons. The highest BCUT2D eigenvalue weighted by molar-refractivity contribution is 5.33. The van der Waals surface area contributed by atoms with E-state index in [1.165, 1.54) is 18.2 Å². The number of nitrogens with one attached hydrogen (secondary N) is 1. The van der Waals surface area contributed by atoms with Crippen molar-refractivity contribution in [1.82, 2.24) is 5.32 Å². The van der Waals surface area contributed by atoms with E-state index >= 15 is 0 Å². The third-order valence-corrected chi connectivity index (χ3v) is 2.48. The van der Waals surface area contributed by atoms with Crippen LogP contribution in [0.25, 0.3) is 0 Å². The van der Waals surface area contributed by atoms with E-state index in [0.717, 1.165) is 6.42 Å². The monoisotopic (exact) mass is 274 g/mol. The molecule has 19 heavy (non-hydrogen) atoms. The number of rotatable bonds is 4. The zero-order valence-corrected chi connectivity index (χ0v) is 9.91. The van der Waals surface area contributed by atoms with Crippen molar-refractivity contribution in [2.24, 2.45) is 5.73 Å². The summed E-state index contributed by atoms with van der Waals surface area (Å²) in [5.41, 5.74) is 5.54. The van der Waals surface area contributed by atoms with Crippen LogP contribution in [0.4, 0.5) is 13.2 Å². The van der Waals surface area contributed by atoms with E-state index in [4.69, 9.17) is 10.5 Å². The molecule has 0 aliphatic carbocycles. The molecule has 7 heteroatoms. The molecule has 3 N–H and O–H groups in total. The number of alkyl halides is 3. The van der Waals surface area contributed by atoms with Crippen LogP contribution in [-0.2, 0) is 0 Å². The van der Waals surface area contributed by atoms with Gasteiger partial charge in [-0.05, 0) is 24.6 Å². The minimum atomic E-state index is -4.70. The molecule has 1 atom stereocenters. The summed E-state index contributed by atoms with van der Waals surface area (Å²) < 4.78 is 45.4. The summed E-state index contributed by atoms with van der Waals surface area (Å²) in [6.07, 6.45) is -2.15. The summed E-state index contributed by atoms with van der Waals surface area (Å²) in [5.74, 6) is 0.596. The van der Waals surface area contributed by atoms with Gasteiger partial charge in [0.15, 0.2) is 0 Å². The van der Waals surface area contributed by atoms with Crippen LogP contribution in [0.5, 0.6) is 11.5 Å². The fourth-order valence-electron chi connectivity index (χ4n) is 1.69. The second kappa shape index (κ2) is 5.29. The standard InChI is InChI=1S/C12H13F3N2O2/c13-12(14,15)19-10-3-1-2-9(6-10)18-7-8-4-5-11(16)17-8/h1-3,5-6,8,17H,4,7,16H2. The van der Waals surface area contributed by atoms with Gasteiger partial charge in [-0.1, -0.05) is 6.07 Å². The number of hydrogen-bond acceptors (Lipinski definition) is 4. The molecular weight excluding hydrogens is 261 g/mol. The van der Waals surface area contributed by atoms with Crippen LogP contribution in [0.3, 0.4) is 0 Å². The Labute approximate surface area is 108 Å². The Kier molecular flexibility index (Phi) is 3.73. The molecule has 0 bridgehead atoms. The van der Waals surface area contributed by atoms with Crippen molar-refractivity contribution < 1.29 is 22.6 Å². The first kappa shape index (κ1) is 13.4. The molecule has 0 saturated carbocycles. The number of halogens is 3. The lowest BCUT2D eigenvalue weighted by atomic mass is 10.2. The first-order valence-electron chi connectivity index (χ1n) is 5.63. The SMILES string of the molecule is NC1=CCC(COc2cccc(OC(F)(F)F)c2)N1. The quantitative estimate of drug-likeness (QED) is 0.883. The predicted molar refractivity (Wildman–Crippen MR) is 62.4 cm³/mol. The molecule has 0 saturated heterocycles. The van der Waals surface area contributed by atoms with Crippen molar-refractivity contribution in [2.75, 3.05) is 6.61 Å². The fourth-order valence-corrected chi connectivity index (χ4v) is 1.69. The average Bonchev–Trinajstić information content (AvgIpc) is 2.71. The van der Waals surface area contributed by atoms with Crippen molar-refractivity contribution >= 4 is 0 Å². The zero-order chi connectivity index (χ0) is 13.9. The maximum absolute atomic E-state index is 12.1. The van der Waals surface area contributed by atoms with Gasteiger partial charge in [0.2, 0.25) is 0 Å². The van der Waals surface area contributed by atoms with Crippen LogP contribution in [0.15, 0.2) is 36.2 Å². The van der Waals surface area contributed by atoms with Crippen LogP contribution in [0.1, 0.15) is 6.42 Å². The van der Waals surface area contributed by atoms with E-state index in [1.54, 1.807) is 6.07 Å². The van der Waals surface area contributed by atoms with Crippen LogP contribution in [0, 0.1) is 0 Å². The molecule has 4 nitrogen and oxygen atoms in total. The third-order valence-electron chi connectivity index (χ3n) is 2.48. The summed E-state index contributed by atoms with van der Waals surface area (Å²) in [4.78, 5) is 0. The lowest BCUT2D eigenvalue weighted by Gasteiger charge is -2.14. The fraction of sp³-hybridized carbons (Fsp3) is 0.333. The number of ether oxygens (including phenoxy) is 2.